The summed E-state index contributed by atoms with van der Waals surface area (Å²) < 4.78 is 6.95. The number of halogens is 1. The van der Waals surface area contributed by atoms with Crippen LogP contribution in [0.5, 0.6) is 0 Å². The Morgan fingerprint density at radius 2 is 1.93 bits per heavy atom. The fourth-order valence-corrected chi connectivity index (χ4v) is 4.93. The van der Waals surface area contributed by atoms with Gasteiger partial charge in [-0.1, -0.05) is 23.7 Å². The van der Waals surface area contributed by atoms with Crippen LogP contribution in [0.25, 0.3) is 28.0 Å². The van der Waals surface area contributed by atoms with Crippen LogP contribution in [-0.2, 0) is 4.74 Å². The number of hydrogen-bond donors (Lipinski definition) is 2. The van der Waals surface area contributed by atoms with E-state index >= 15 is 0 Å². The maximum absolute atomic E-state index is 13.3. The van der Waals surface area contributed by atoms with Crippen molar-refractivity contribution in [2.45, 2.75) is 45.4 Å². The third kappa shape index (κ3) is 5.99. The molecule has 0 aliphatic carbocycles. The van der Waals surface area contributed by atoms with Gasteiger partial charge in [0.2, 0.25) is 0 Å². The van der Waals surface area contributed by atoms with Crippen LogP contribution in [0.1, 0.15) is 42.5 Å². The van der Waals surface area contributed by atoms with Crippen molar-refractivity contribution >= 4 is 29.2 Å². The molecule has 0 bridgehead atoms. The molecule has 210 valence electrons. The Kier molecular flexibility index (Phi) is 7.38. The van der Waals surface area contributed by atoms with Crippen LogP contribution >= 0.6 is 11.6 Å². The van der Waals surface area contributed by atoms with Gasteiger partial charge in [0.05, 0.1) is 35.9 Å². The molecule has 5 rings (SSSR count). The number of nitrogens with one attached hydrogen (secondary N) is 1. The number of fused-ring (bicyclic) bond motifs is 1. The lowest BCUT2D eigenvalue weighted by Crippen LogP contribution is -2.43. The van der Waals surface area contributed by atoms with Gasteiger partial charge in [-0.05, 0) is 63.6 Å². The second kappa shape index (κ2) is 10.8. The van der Waals surface area contributed by atoms with E-state index in [1.54, 1.807) is 55.7 Å². The lowest BCUT2D eigenvalue weighted by molar-refractivity contribution is 0.0269. The van der Waals surface area contributed by atoms with Crippen molar-refractivity contribution in [1.82, 2.24) is 29.8 Å². The van der Waals surface area contributed by atoms with Crippen LogP contribution in [0.15, 0.2) is 48.7 Å². The molecular formula is C29H28ClN7O4. The molecule has 11 nitrogen and oxygen atoms in total. The Balaban J connectivity index is 1.50. The summed E-state index contributed by atoms with van der Waals surface area (Å²) in [5, 5.41) is 27.8. The van der Waals surface area contributed by atoms with Gasteiger partial charge >= 0.3 is 6.09 Å². The molecule has 0 unspecified atom stereocenters. The molecule has 0 saturated carbocycles. The van der Waals surface area contributed by atoms with Crippen LogP contribution in [-0.4, -0.2) is 72.4 Å². The number of β-amino-alcohol motifs (C(OH)–C–C–N with tert-alkyl or cyclic N) is 1. The number of aliphatic hydroxyl groups excluding tert-OH is 1. The molecule has 2 atom stereocenters. The highest BCUT2D eigenvalue weighted by atomic mass is 35.5. The molecule has 1 saturated heterocycles. The van der Waals surface area contributed by atoms with Gasteiger partial charge in [-0.15, -0.1) is 0 Å². The Morgan fingerprint density at radius 3 is 2.63 bits per heavy atom. The van der Waals surface area contributed by atoms with Crippen molar-refractivity contribution in [2.24, 2.45) is 0 Å². The van der Waals surface area contributed by atoms with E-state index in [-0.39, 0.29) is 23.9 Å². The Bertz CT molecular complexity index is 1690. The van der Waals surface area contributed by atoms with Crippen LogP contribution in [0, 0.1) is 18.3 Å². The van der Waals surface area contributed by atoms with E-state index in [0.29, 0.717) is 39.3 Å². The molecular weight excluding hydrogens is 546 g/mol. The Hall–Kier alpha value is -4.53. The largest absolute Gasteiger partial charge is 0.444 e. The summed E-state index contributed by atoms with van der Waals surface area (Å²) in [5.74, 6) is -0.522. The minimum atomic E-state index is -0.971. The number of nitriles is 1. The van der Waals surface area contributed by atoms with E-state index in [4.69, 9.17) is 21.4 Å². The molecule has 1 fully saturated rings. The Morgan fingerprint density at radius 1 is 1.15 bits per heavy atom. The number of aryl methyl sites for hydroxylation is 1. The maximum Gasteiger partial charge on any atom is 0.410 e. The third-order valence-corrected chi connectivity index (χ3v) is 6.64. The highest BCUT2D eigenvalue weighted by Crippen LogP contribution is 2.36. The monoisotopic (exact) mass is 573 g/mol. The molecule has 0 spiro atoms. The van der Waals surface area contributed by atoms with E-state index in [9.17, 15) is 20.0 Å². The number of pyridine rings is 1. The van der Waals surface area contributed by atoms with Gasteiger partial charge in [-0.3, -0.25) is 4.79 Å². The van der Waals surface area contributed by atoms with E-state index in [1.807, 2.05) is 19.1 Å². The number of carbonyl (C=O) groups excluding carboxylic acids is 2. The van der Waals surface area contributed by atoms with Crippen molar-refractivity contribution < 1.29 is 19.4 Å². The predicted molar refractivity (Wildman–Crippen MR) is 151 cm³/mol. The number of ether oxygens (including phenoxy) is 1. The number of rotatable bonds is 4. The van der Waals surface area contributed by atoms with Crippen molar-refractivity contribution in [3.8, 4) is 28.5 Å². The number of likely N-dealkylation sites (tertiary alicyclic amines) is 1. The maximum atomic E-state index is 13.3. The van der Waals surface area contributed by atoms with Gasteiger partial charge in [-0.25, -0.2) is 19.3 Å². The second-order valence-electron chi connectivity index (χ2n) is 10.8. The van der Waals surface area contributed by atoms with E-state index in [0.717, 1.165) is 0 Å². The molecule has 41 heavy (non-hydrogen) atoms. The molecule has 1 aliphatic rings. The number of aromatic nitrogens is 4. The molecule has 4 aromatic rings. The van der Waals surface area contributed by atoms with Crippen LogP contribution in [0.2, 0.25) is 5.15 Å². The summed E-state index contributed by atoms with van der Waals surface area (Å²) in [7, 11) is 0. The summed E-state index contributed by atoms with van der Waals surface area (Å²) in [6.45, 7) is 7.22. The number of benzene rings is 1. The standard InChI is InChI=1S/C29H28ClN7O4/c1-16-10-19(12-23(30)32-16)24-25(18-7-5-6-17(11-18)13-31)35-37-9-8-20(33-26(24)37)27(39)34-21-14-36(15-22(21)38)28(40)41-29(2,3)4/h5-12,21-22,38H,14-15H2,1-4H3,(H,34,39)/t21-,22+/m0/s1. The van der Waals surface area contributed by atoms with Gasteiger partial charge in [0.1, 0.15) is 22.1 Å². The zero-order chi connectivity index (χ0) is 29.5. The number of carbonyl (C=O) groups is 2. The SMILES string of the molecule is Cc1cc(-c2c(-c3cccc(C#N)c3)nn3ccc(C(=O)N[C@H]4CN(C(=O)OC(C)(C)C)C[C@H]4O)nc23)cc(Cl)n1. The van der Waals surface area contributed by atoms with E-state index < -0.39 is 29.7 Å². The average molecular weight is 574 g/mol. The van der Waals surface area contributed by atoms with Crippen molar-refractivity contribution in [3.05, 3.63) is 70.8 Å². The number of nitrogens with zero attached hydrogens (tertiary/aromatic N) is 6. The summed E-state index contributed by atoms with van der Waals surface area (Å²) in [5.41, 5.74) is 3.50. The first-order valence-corrected chi connectivity index (χ1v) is 13.3. The normalized spacial score (nSPS) is 17.0. The summed E-state index contributed by atoms with van der Waals surface area (Å²) in [6, 6.07) is 13.5. The second-order valence-corrected chi connectivity index (χ2v) is 11.2. The molecule has 2 N–H and O–H groups in total. The van der Waals surface area contributed by atoms with Gasteiger partial charge in [0, 0.05) is 24.0 Å². The zero-order valence-electron chi connectivity index (χ0n) is 22.9. The van der Waals surface area contributed by atoms with Crippen molar-refractivity contribution in [3.63, 3.8) is 0 Å². The average Bonchev–Trinajstić information content (AvgIpc) is 3.47. The van der Waals surface area contributed by atoms with Crippen LogP contribution in [0.4, 0.5) is 4.79 Å². The topological polar surface area (TPSA) is 146 Å². The highest BCUT2D eigenvalue weighted by molar-refractivity contribution is 6.29. The van der Waals surface area contributed by atoms with Gasteiger partial charge in [0.15, 0.2) is 5.65 Å². The smallest absolute Gasteiger partial charge is 0.410 e. The number of aliphatic hydroxyl groups is 1. The molecule has 12 heteroatoms. The number of hydrogen-bond acceptors (Lipinski definition) is 8. The third-order valence-electron chi connectivity index (χ3n) is 6.45. The van der Waals surface area contributed by atoms with Gasteiger partial charge < -0.3 is 20.1 Å². The van der Waals surface area contributed by atoms with Crippen molar-refractivity contribution in [1.29, 1.82) is 5.26 Å². The fourth-order valence-electron chi connectivity index (χ4n) is 4.68. The van der Waals surface area contributed by atoms with E-state index in [2.05, 4.69) is 21.4 Å². The summed E-state index contributed by atoms with van der Waals surface area (Å²) in [6.07, 6.45) is 0.0873. The van der Waals surface area contributed by atoms with Crippen molar-refractivity contribution in [2.75, 3.05) is 13.1 Å². The molecule has 3 aromatic heterocycles. The quantitative estimate of drug-likeness (QED) is 0.348. The summed E-state index contributed by atoms with van der Waals surface area (Å²) in [4.78, 5) is 36.0. The van der Waals surface area contributed by atoms with Gasteiger partial charge in [0.25, 0.3) is 5.91 Å². The molecule has 0 radical (unpaired) electrons. The molecule has 1 aromatic carbocycles. The van der Waals surface area contributed by atoms with Gasteiger partial charge in [-0.2, -0.15) is 10.4 Å². The predicted octanol–water partition coefficient (Wildman–Crippen LogP) is 4.00. The first-order valence-electron chi connectivity index (χ1n) is 12.9. The van der Waals surface area contributed by atoms with Crippen LogP contribution < -0.4 is 5.32 Å². The lowest BCUT2D eigenvalue weighted by Gasteiger charge is -2.24. The first-order chi connectivity index (χ1) is 19.4. The molecule has 2 amide bonds. The minimum absolute atomic E-state index is 0.0341. The summed E-state index contributed by atoms with van der Waals surface area (Å²) >= 11 is 6.30. The van der Waals surface area contributed by atoms with E-state index in [1.165, 1.54) is 11.0 Å². The lowest BCUT2D eigenvalue weighted by atomic mass is 10.00. The van der Waals surface area contributed by atoms with Crippen LogP contribution in [0.3, 0.4) is 0 Å². The zero-order valence-corrected chi connectivity index (χ0v) is 23.7. The minimum Gasteiger partial charge on any atom is -0.444 e. The first kappa shape index (κ1) is 28.0. The Labute approximate surface area is 241 Å². The fraction of sp³-hybridized carbons (Fsp3) is 0.310. The molecule has 4 heterocycles. The number of amides is 2. The molecule has 1 aliphatic heterocycles. The highest BCUT2D eigenvalue weighted by Gasteiger charge is 2.37.